The van der Waals surface area contributed by atoms with Crippen molar-refractivity contribution in [3.8, 4) is 0 Å². The molecule has 3 aliphatic rings. The monoisotopic (exact) mass is 1350 g/mol. The van der Waals surface area contributed by atoms with Crippen molar-refractivity contribution in [2.75, 3.05) is 26.4 Å². The smallest absolute Gasteiger partial charge is 0.220 e. The minimum Gasteiger partial charge on any atom is -0.394 e. The second-order valence-electron chi connectivity index (χ2n) is 26.4. The molecule has 3 fully saturated rings. The Hall–Kier alpha value is -3.03. The number of amides is 1. The van der Waals surface area contributed by atoms with Gasteiger partial charge in [0.1, 0.15) is 73.2 Å². The molecule has 17 unspecified atom stereocenters. The molecule has 0 aromatic rings. The van der Waals surface area contributed by atoms with Crippen LogP contribution in [0.25, 0.3) is 0 Å². The number of aliphatic hydroxyl groups excluding tert-OH is 11. The predicted octanol–water partition coefficient (Wildman–Crippen LogP) is 11.1. The molecular weight excluding hydrogens is 1210 g/mol. The van der Waals surface area contributed by atoms with E-state index in [2.05, 4.69) is 92.1 Å². The fourth-order valence-corrected chi connectivity index (χ4v) is 12.2. The third-order valence-corrected chi connectivity index (χ3v) is 18.2. The summed E-state index contributed by atoms with van der Waals surface area (Å²) in [6.45, 7) is 1.57. The lowest BCUT2D eigenvalue weighted by molar-refractivity contribution is -0.379. The molecule has 0 aromatic carbocycles. The molecule has 0 aliphatic carbocycles. The molecule has 3 aliphatic heterocycles. The van der Waals surface area contributed by atoms with Gasteiger partial charge in [0, 0.05) is 6.42 Å². The molecular formula is C76H133NO18. The highest BCUT2D eigenvalue weighted by atomic mass is 16.8. The number of unbranched alkanes of at least 4 members (excludes halogenated alkanes) is 29. The van der Waals surface area contributed by atoms with Crippen LogP contribution in [0.2, 0.25) is 0 Å². The Balaban J connectivity index is 1.25. The molecule has 550 valence electrons. The number of ether oxygens (including phenoxy) is 6. The Kier molecular flexibility index (Phi) is 51.4. The zero-order valence-corrected chi connectivity index (χ0v) is 58.4. The van der Waals surface area contributed by atoms with Crippen molar-refractivity contribution in [2.24, 2.45) is 0 Å². The topological polar surface area (TPSA) is 307 Å². The van der Waals surface area contributed by atoms with Crippen LogP contribution < -0.4 is 5.32 Å². The van der Waals surface area contributed by atoms with Gasteiger partial charge in [-0.2, -0.15) is 0 Å². The van der Waals surface area contributed by atoms with E-state index in [0.29, 0.717) is 6.42 Å². The molecule has 0 aromatic heterocycles. The van der Waals surface area contributed by atoms with Crippen LogP contribution in [0.3, 0.4) is 0 Å². The number of carbonyl (C=O) groups excluding carboxylic acids is 1. The van der Waals surface area contributed by atoms with Gasteiger partial charge in [-0.1, -0.05) is 266 Å². The molecule has 95 heavy (non-hydrogen) atoms. The van der Waals surface area contributed by atoms with Gasteiger partial charge in [-0.05, 0) is 70.6 Å². The van der Waals surface area contributed by atoms with Gasteiger partial charge in [0.2, 0.25) is 5.91 Å². The summed E-state index contributed by atoms with van der Waals surface area (Å²) in [5, 5.41) is 120. The fourth-order valence-electron chi connectivity index (χ4n) is 12.2. The molecule has 19 nitrogen and oxygen atoms in total. The van der Waals surface area contributed by atoms with Crippen LogP contribution in [0.15, 0.2) is 85.1 Å². The predicted molar refractivity (Wildman–Crippen MR) is 374 cm³/mol. The van der Waals surface area contributed by atoms with E-state index in [0.717, 1.165) is 83.5 Å². The first-order chi connectivity index (χ1) is 46.3. The van der Waals surface area contributed by atoms with E-state index < -0.39 is 124 Å². The molecule has 3 rings (SSSR count). The van der Waals surface area contributed by atoms with Gasteiger partial charge in [0.25, 0.3) is 0 Å². The van der Waals surface area contributed by atoms with Crippen molar-refractivity contribution in [3.63, 3.8) is 0 Å². The highest BCUT2D eigenvalue weighted by Gasteiger charge is 2.53. The average molecular weight is 1350 g/mol. The molecule has 0 bridgehead atoms. The van der Waals surface area contributed by atoms with Crippen LogP contribution >= 0.6 is 0 Å². The number of hydrogen-bond acceptors (Lipinski definition) is 18. The third kappa shape index (κ3) is 37.8. The van der Waals surface area contributed by atoms with Crippen LogP contribution in [-0.2, 0) is 33.2 Å². The van der Waals surface area contributed by atoms with Crippen LogP contribution in [0.5, 0.6) is 0 Å². The van der Waals surface area contributed by atoms with Crippen molar-refractivity contribution < 1.29 is 89.4 Å². The SMILES string of the molecule is CC/C=C\C/C=C\C/C=C\C/C=C\C/C=C\C/C=C\CCCCCCCCCCCCCCCCCCCCCCCCC(=O)NC(COC1OC(CO)C(OC2OC(CO)C(OC3OC(CO)C(O)C(O)C3O)C(O)C2O)C(O)C1O)C(O)/C=C/CCCCCCCCC. The minimum absolute atomic E-state index is 0.243. The second-order valence-corrected chi connectivity index (χ2v) is 26.4. The number of hydrogen-bond donors (Lipinski definition) is 12. The molecule has 3 heterocycles. The Bertz CT molecular complexity index is 2050. The standard InChI is InChI=1S/C76H133NO18/c1-3-5-7-9-11-13-14-15-16-17-18-19-20-21-22-23-24-25-26-27-28-29-30-31-32-33-34-35-36-37-38-39-40-41-42-43-44-46-48-50-52-54-64(82)77-59(60(81)53-51-49-47-45-12-10-8-6-4-2)58-90-74-70(88)67(85)72(62(56-79)92-74)95-76-71(89)68(86)73(63(57-80)93-76)94-75-69(87)66(84)65(83)61(55-78)91-75/h5,7,11,13,15-16,18-19,21-22,24-25,51,53,59-63,65-76,78-81,83-89H,3-4,6,8-10,12,14,17,20,23,26-50,52,54-58H2,1-2H3,(H,77,82)/b7-5-,13-11-,16-15-,19-18-,22-21-,25-24-,53-51+. The first-order valence-corrected chi connectivity index (χ1v) is 37.3. The van der Waals surface area contributed by atoms with Gasteiger partial charge in [-0.25, -0.2) is 0 Å². The molecule has 0 radical (unpaired) electrons. The van der Waals surface area contributed by atoms with Crippen molar-refractivity contribution in [1.29, 1.82) is 0 Å². The first-order valence-electron chi connectivity index (χ1n) is 37.3. The van der Waals surface area contributed by atoms with E-state index in [1.807, 2.05) is 6.08 Å². The normalized spacial score (nSPS) is 27.7. The molecule has 3 saturated heterocycles. The third-order valence-electron chi connectivity index (χ3n) is 18.2. The Morgan fingerprint density at radius 2 is 0.726 bits per heavy atom. The van der Waals surface area contributed by atoms with Crippen molar-refractivity contribution in [2.45, 2.75) is 362 Å². The zero-order valence-electron chi connectivity index (χ0n) is 58.4. The largest absolute Gasteiger partial charge is 0.394 e. The fraction of sp³-hybridized carbons (Fsp3) is 0.803. The van der Waals surface area contributed by atoms with Gasteiger partial charge in [-0.15, -0.1) is 0 Å². The number of aliphatic hydroxyl groups is 11. The summed E-state index contributed by atoms with van der Waals surface area (Å²) in [7, 11) is 0. The minimum atomic E-state index is -1.98. The Morgan fingerprint density at radius 3 is 1.14 bits per heavy atom. The highest BCUT2D eigenvalue weighted by molar-refractivity contribution is 5.76. The van der Waals surface area contributed by atoms with E-state index >= 15 is 0 Å². The summed E-state index contributed by atoms with van der Waals surface area (Å²) < 4.78 is 34.3. The maximum absolute atomic E-state index is 13.4. The number of carbonyl (C=O) groups is 1. The molecule has 0 spiro atoms. The summed E-state index contributed by atoms with van der Waals surface area (Å²) in [5.41, 5.74) is 0. The lowest BCUT2D eigenvalue weighted by Crippen LogP contribution is -2.66. The Labute approximate surface area is 571 Å². The number of allylic oxidation sites excluding steroid dienone is 13. The summed E-state index contributed by atoms with van der Waals surface area (Å²) >= 11 is 0. The maximum Gasteiger partial charge on any atom is 0.220 e. The Morgan fingerprint density at radius 1 is 0.389 bits per heavy atom. The average Bonchev–Trinajstić information content (AvgIpc) is 0.797. The van der Waals surface area contributed by atoms with E-state index in [-0.39, 0.29) is 18.9 Å². The van der Waals surface area contributed by atoms with E-state index in [1.54, 1.807) is 6.08 Å². The van der Waals surface area contributed by atoms with Gasteiger partial charge >= 0.3 is 0 Å². The number of nitrogens with one attached hydrogen (secondary N) is 1. The van der Waals surface area contributed by atoms with Gasteiger partial charge in [0.05, 0.1) is 38.6 Å². The summed E-state index contributed by atoms with van der Waals surface area (Å²) in [6, 6.07) is -0.972. The van der Waals surface area contributed by atoms with Crippen molar-refractivity contribution in [3.05, 3.63) is 85.1 Å². The maximum atomic E-state index is 13.4. The highest BCUT2D eigenvalue weighted by Crippen LogP contribution is 2.33. The van der Waals surface area contributed by atoms with E-state index in [4.69, 9.17) is 28.4 Å². The van der Waals surface area contributed by atoms with Crippen LogP contribution in [0.1, 0.15) is 258 Å². The molecule has 12 N–H and O–H groups in total. The van der Waals surface area contributed by atoms with Crippen LogP contribution in [0.4, 0.5) is 0 Å². The van der Waals surface area contributed by atoms with Gasteiger partial charge < -0.3 is 89.9 Å². The quantitative estimate of drug-likeness (QED) is 0.0199. The van der Waals surface area contributed by atoms with E-state index in [9.17, 15) is 61.0 Å². The summed E-state index contributed by atoms with van der Waals surface area (Å²) in [6.07, 6.45) is 47.7. The van der Waals surface area contributed by atoms with Crippen LogP contribution in [0, 0.1) is 0 Å². The summed E-state index contributed by atoms with van der Waals surface area (Å²) in [4.78, 5) is 13.4. The van der Waals surface area contributed by atoms with Gasteiger partial charge in [0.15, 0.2) is 18.9 Å². The molecule has 17 atom stereocenters. The van der Waals surface area contributed by atoms with Crippen molar-refractivity contribution in [1.82, 2.24) is 5.32 Å². The lowest BCUT2D eigenvalue weighted by atomic mass is 9.96. The van der Waals surface area contributed by atoms with Crippen LogP contribution in [-0.4, -0.2) is 193 Å². The lowest BCUT2D eigenvalue weighted by Gasteiger charge is -2.48. The number of rotatable bonds is 57. The second kappa shape index (κ2) is 56.7. The molecule has 1 amide bonds. The molecule has 0 saturated carbocycles. The molecule has 19 heteroatoms. The van der Waals surface area contributed by atoms with E-state index in [1.165, 1.54) is 148 Å². The van der Waals surface area contributed by atoms with Gasteiger partial charge in [-0.3, -0.25) is 4.79 Å². The first kappa shape index (κ1) is 86.2. The van der Waals surface area contributed by atoms with Crippen molar-refractivity contribution >= 4 is 5.91 Å². The zero-order chi connectivity index (χ0) is 68.9. The summed E-state index contributed by atoms with van der Waals surface area (Å²) in [5.74, 6) is -0.277.